The Labute approximate surface area is 170 Å². The van der Waals surface area contributed by atoms with Crippen LogP contribution in [0.25, 0.3) is 11.3 Å². The second kappa shape index (κ2) is 9.18. The van der Waals surface area contributed by atoms with Crippen molar-refractivity contribution < 1.29 is 9.90 Å². The van der Waals surface area contributed by atoms with E-state index in [1.807, 2.05) is 0 Å². The van der Waals surface area contributed by atoms with Gasteiger partial charge in [0.2, 0.25) is 0 Å². The molecule has 2 aromatic rings. The fourth-order valence-electron chi connectivity index (χ4n) is 4.28. The highest BCUT2D eigenvalue weighted by Crippen LogP contribution is 2.38. The van der Waals surface area contributed by atoms with Gasteiger partial charge in [0.1, 0.15) is 0 Å². The zero-order chi connectivity index (χ0) is 17.9. The molecule has 0 amide bonds. The second-order valence-corrected chi connectivity index (χ2v) is 8.49. The van der Waals surface area contributed by atoms with Gasteiger partial charge in [0.15, 0.2) is 0 Å². The van der Waals surface area contributed by atoms with E-state index in [1.165, 1.54) is 29.0 Å². The topological polar surface area (TPSA) is 62.2 Å². The molecule has 4 rings (SSSR count). The highest BCUT2D eigenvalue weighted by molar-refractivity contribution is 7.10. The molecule has 1 aliphatic heterocycles. The van der Waals surface area contributed by atoms with Crippen molar-refractivity contribution in [2.45, 2.75) is 50.4 Å². The average Bonchev–Trinajstić information content (AvgIpc) is 3.19. The molecule has 1 saturated heterocycles. The van der Waals surface area contributed by atoms with Crippen molar-refractivity contribution in [3.63, 3.8) is 0 Å². The summed E-state index contributed by atoms with van der Waals surface area (Å²) in [5.74, 6) is 0.310. The van der Waals surface area contributed by atoms with Crippen LogP contribution >= 0.6 is 23.7 Å². The number of carbonyl (C=O) groups is 1. The number of hydrogen-bond donors (Lipinski definition) is 2. The third-order valence-electron chi connectivity index (χ3n) is 5.96. The summed E-state index contributed by atoms with van der Waals surface area (Å²) in [6, 6.07) is 8.94. The van der Waals surface area contributed by atoms with Crippen LogP contribution in [-0.2, 0) is 4.79 Å². The van der Waals surface area contributed by atoms with Gasteiger partial charge < -0.3 is 10.4 Å². The van der Waals surface area contributed by atoms with Crippen LogP contribution in [0.4, 0.5) is 0 Å². The first-order valence-corrected chi connectivity index (χ1v) is 10.6. The summed E-state index contributed by atoms with van der Waals surface area (Å²) in [7, 11) is 0. The standard InChI is InChI=1S/C21H26N2O2S.ClH/c24-21(25)18-7-5-17(6-8-18)20-23-19(13-26-20)16-3-1-14(2-4-16)15-9-11-22-12-10-15;/h1-4,13,15,17-18,22H,5-12H2,(H,24,25);1H. The van der Waals surface area contributed by atoms with Crippen molar-refractivity contribution in [2.24, 2.45) is 5.92 Å². The molecule has 6 heteroatoms. The summed E-state index contributed by atoms with van der Waals surface area (Å²) in [4.78, 5) is 16.0. The first kappa shape index (κ1) is 20.3. The van der Waals surface area contributed by atoms with Crippen molar-refractivity contribution in [3.8, 4) is 11.3 Å². The van der Waals surface area contributed by atoms with Gasteiger partial charge >= 0.3 is 5.97 Å². The lowest BCUT2D eigenvalue weighted by Gasteiger charge is -2.24. The van der Waals surface area contributed by atoms with Crippen LogP contribution in [0, 0.1) is 5.92 Å². The molecule has 27 heavy (non-hydrogen) atoms. The fraction of sp³-hybridized carbons (Fsp3) is 0.524. The molecule has 0 spiro atoms. The number of halogens is 1. The number of carboxylic acid groups (broad SMARTS) is 1. The van der Waals surface area contributed by atoms with Gasteiger partial charge in [-0.15, -0.1) is 23.7 Å². The van der Waals surface area contributed by atoms with Crippen LogP contribution in [0.15, 0.2) is 29.6 Å². The Morgan fingerprint density at radius 2 is 1.67 bits per heavy atom. The molecular formula is C21H27ClN2O2S. The number of hydrogen-bond acceptors (Lipinski definition) is 4. The minimum Gasteiger partial charge on any atom is -0.481 e. The molecule has 0 unspecified atom stereocenters. The first-order chi connectivity index (χ1) is 12.7. The van der Waals surface area contributed by atoms with Gasteiger partial charge in [-0.3, -0.25) is 4.79 Å². The highest BCUT2D eigenvalue weighted by atomic mass is 35.5. The number of thiazole rings is 1. The normalized spacial score (nSPS) is 23.6. The van der Waals surface area contributed by atoms with Gasteiger partial charge in [0.25, 0.3) is 0 Å². The predicted octanol–water partition coefficient (Wildman–Crippen LogP) is 5.06. The molecule has 0 bridgehead atoms. The van der Waals surface area contributed by atoms with Crippen molar-refractivity contribution in [1.82, 2.24) is 10.3 Å². The van der Waals surface area contributed by atoms with Crippen molar-refractivity contribution in [2.75, 3.05) is 13.1 Å². The van der Waals surface area contributed by atoms with Crippen LogP contribution in [0.2, 0.25) is 0 Å². The Bertz CT molecular complexity index is 748. The van der Waals surface area contributed by atoms with Crippen molar-refractivity contribution in [1.29, 1.82) is 0 Å². The minimum absolute atomic E-state index is 0. The number of benzene rings is 1. The molecule has 1 aliphatic carbocycles. The van der Waals surface area contributed by atoms with E-state index in [-0.39, 0.29) is 18.3 Å². The lowest BCUT2D eigenvalue weighted by atomic mass is 9.82. The summed E-state index contributed by atoms with van der Waals surface area (Å²) >= 11 is 1.73. The monoisotopic (exact) mass is 406 g/mol. The highest BCUT2D eigenvalue weighted by Gasteiger charge is 2.28. The number of aliphatic carboxylic acids is 1. The smallest absolute Gasteiger partial charge is 0.306 e. The molecule has 2 aliphatic rings. The molecule has 4 nitrogen and oxygen atoms in total. The Hall–Kier alpha value is -1.43. The molecule has 2 N–H and O–H groups in total. The molecule has 146 valence electrons. The summed E-state index contributed by atoms with van der Waals surface area (Å²) in [6.45, 7) is 2.23. The molecule has 1 aromatic carbocycles. The number of nitrogens with zero attached hydrogens (tertiary/aromatic N) is 1. The average molecular weight is 407 g/mol. The zero-order valence-electron chi connectivity index (χ0n) is 15.4. The molecule has 2 fully saturated rings. The maximum atomic E-state index is 11.1. The van der Waals surface area contributed by atoms with E-state index in [0.717, 1.165) is 44.5 Å². The van der Waals surface area contributed by atoms with Gasteiger partial charge in [-0.05, 0) is 63.1 Å². The molecular weight excluding hydrogens is 380 g/mol. The third-order valence-corrected chi connectivity index (χ3v) is 6.97. The maximum absolute atomic E-state index is 11.1. The Morgan fingerprint density at radius 1 is 1.00 bits per heavy atom. The largest absolute Gasteiger partial charge is 0.481 e. The van der Waals surface area contributed by atoms with Crippen molar-refractivity contribution >= 4 is 29.7 Å². The number of rotatable bonds is 4. The zero-order valence-corrected chi connectivity index (χ0v) is 17.0. The van der Waals surface area contributed by atoms with E-state index in [2.05, 4.69) is 35.0 Å². The summed E-state index contributed by atoms with van der Waals surface area (Å²) in [6.07, 6.45) is 5.88. The van der Waals surface area contributed by atoms with Gasteiger partial charge in [-0.1, -0.05) is 24.3 Å². The summed E-state index contributed by atoms with van der Waals surface area (Å²) in [5.41, 5.74) is 3.68. The molecule has 1 aromatic heterocycles. The van der Waals surface area contributed by atoms with E-state index >= 15 is 0 Å². The van der Waals surface area contributed by atoms with Crippen LogP contribution in [0.1, 0.15) is 60.9 Å². The van der Waals surface area contributed by atoms with E-state index in [1.54, 1.807) is 11.3 Å². The minimum atomic E-state index is -0.642. The number of carboxylic acids is 1. The number of aromatic nitrogens is 1. The van der Waals surface area contributed by atoms with Gasteiger partial charge in [0, 0.05) is 16.9 Å². The van der Waals surface area contributed by atoms with E-state index in [0.29, 0.717) is 11.8 Å². The summed E-state index contributed by atoms with van der Waals surface area (Å²) < 4.78 is 0. The Balaban J connectivity index is 0.00000210. The van der Waals surface area contributed by atoms with Gasteiger partial charge in [-0.2, -0.15) is 0 Å². The van der Waals surface area contributed by atoms with Crippen LogP contribution in [-0.4, -0.2) is 29.1 Å². The van der Waals surface area contributed by atoms with Crippen LogP contribution in [0.5, 0.6) is 0 Å². The number of piperidine rings is 1. The summed E-state index contributed by atoms with van der Waals surface area (Å²) in [5, 5.41) is 15.9. The van der Waals surface area contributed by atoms with E-state index < -0.39 is 5.97 Å². The quantitative estimate of drug-likeness (QED) is 0.745. The molecule has 2 heterocycles. The van der Waals surface area contributed by atoms with Crippen LogP contribution < -0.4 is 5.32 Å². The van der Waals surface area contributed by atoms with E-state index in [9.17, 15) is 4.79 Å². The van der Waals surface area contributed by atoms with Gasteiger partial charge in [-0.25, -0.2) is 4.98 Å². The lowest BCUT2D eigenvalue weighted by molar-refractivity contribution is -0.142. The SMILES string of the molecule is Cl.O=C(O)C1CCC(c2nc(-c3ccc(C4CCNCC4)cc3)cs2)CC1. The van der Waals surface area contributed by atoms with E-state index in [4.69, 9.17) is 10.1 Å². The first-order valence-electron chi connectivity index (χ1n) is 9.70. The molecule has 1 saturated carbocycles. The third kappa shape index (κ3) is 4.71. The lowest BCUT2D eigenvalue weighted by Crippen LogP contribution is -2.26. The Kier molecular flexibility index (Phi) is 6.90. The molecule has 0 radical (unpaired) electrons. The second-order valence-electron chi connectivity index (χ2n) is 7.60. The number of nitrogens with one attached hydrogen (secondary N) is 1. The predicted molar refractivity (Wildman–Crippen MR) is 112 cm³/mol. The van der Waals surface area contributed by atoms with Crippen LogP contribution in [0.3, 0.4) is 0 Å². The van der Waals surface area contributed by atoms with Gasteiger partial charge in [0.05, 0.1) is 16.6 Å². The molecule has 0 atom stereocenters. The Morgan fingerprint density at radius 3 is 2.30 bits per heavy atom. The van der Waals surface area contributed by atoms with Crippen molar-refractivity contribution in [3.05, 3.63) is 40.2 Å². The maximum Gasteiger partial charge on any atom is 0.306 e. The fourth-order valence-corrected chi connectivity index (χ4v) is 5.28.